The highest BCUT2D eigenvalue weighted by Gasteiger charge is 2.14. The van der Waals surface area contributed by atoms with Crippen molar-refractivity contribution in [1.29, 1.82) is 0 Å². The summed E-state index contributed by atoms with van der Waals surface area (Å²) in [7, 11) is 0. The van der Waals surface area contributed by atoms with E-state index in [1.807, 2.05) is 24.3 Å². The summed E-state index contributed by atoms with van der Waals surface area (Å²) >= 11 is 6.49. The van der Waals surface area contributed by atoms with Gasteiger partial charge in [0.15, 0.2) is 5.71 Å². The van der Waals surface area contributed by atoms with Gasteiger partial charge in [0.25, 0.3) is 0 Å². The monoisotopic (exact) mass is 595 g/mol. The molecule has 1 aromatic heterocycles. The first-order valence-electron chi connectivity index (χ1n) is 12.7. The number of anilines is 2. The maximum absolute atomic E-state index is 13.4. The molecule has 0 saturated carbocycles. The Balaban J connectivity index is 0.00000387. The molecule has 0 spiro atoms. The summed E-state index contributed by atoms with van der Waals surface area (Å²) < 4.78 is 24.7. The van der Waals surface area contributed by atoms with Gasteiger partial charge in [0.1, 0.15) is 36.9 Å². The van der Waals surface area contributed by atoms with Crippen LogP contribution in [0.25, 0.3) is 10.9 Å². The number of hydrogen-bond donors (Lipinski definition) is 2. The number of ether oxygens (including phenoxy) is 2. The third-order valence-corrected chi connectivity index (χ3v) is 6.36. The van der Waals surface area contributed by atoms with Crippen molar-refractivity contribution in [2.24, 2.45) is 5.16 Å². The van der Waals surface area contributed by atoms with E-state index in [0.717, 1.165) is 23.0 Å². The quantitative estimate of drug-likeness (QED) is 0.141. The fraction of sp³-hybridized carbons (Fsp3) is 0.233. The van der Waals surface area contributed by atoms with E-state index >= 15 is 0 Å². The van der Waals surface area contributed by atoms with Crippen molar-refractivity contribution in [3.8, 4) is 17.6 Å². The Morgan fingerprint density at radius 3 is 2.88 bits per heavy atom. The van der Waals surface area contributed by atoms with Gasteiger partial charge in [-0.05, 0) is 66.9 Å². The molecule has 8 nitrogen and oxygen atoms in total. The zero-order valence-corrected chi connectivity index (χ0v) is 23.8. The summed E-state index contributed by atoms with van der Waals surface area (Å²) in [5, 5.41) is 12.1. The van der Waals surface area contributed by atoms with E-state index in [0.29, 0.717) is 53.4 Å². The first kappa shape index (κ1) is 30.0. The van der Waals surface area contributed by atoms with Crippen LogP contribution in [0, 0.1) is 17.7 Å². The number of benzene rings is 3. The molecular weight excluding hydrogens is 568 g/mol. The standard InChI is InChI=1S/C30H27ClFN5O3.ClH/c1-2-4-27(37-40-18-24-17-38-12-11-33-24)21-7-9-28-25(14-21)30(35-19-34-28)36-23-8-10-29(26(31)15-23)39-16-20-5-3-6-22(32)13-20;/h3,5-10,13-15,19,24,33H,11-12,16-18H2,1H3,(H,34,35,36);1H/b37-27+;/t24-;/m1./s1. The smallest absolute Gasteiger partial charge is 0.159 e. The lowest BCUT2D eigenvalue weighted by Crippen LogP contribution is -2.43. The van der Waals surface area contributed by atoms with E-state index < -0.39 is 0 Å². The van der Waals surface area contributed by atoms with E-state index in [1.54, 1.807) is 31.2 Å². The van der Waals surface area contributed by atoms with Crippen LogP contribution in [0.5, 0.6) is 5.75 Å². The van der Waals surface area contributed by atoms with Crippen molar-refractivity contribution in [1.82, 2.24) is 15.3 Å². The van der Waals surface area contributed by atoms with Crippen LogP contribution >= 0.6 is 24.0 Å². The van der Waals surface area contributed by atoms with Crippen molar-refractivity contribution >= 4 is 52.1 Å². The molecule has 4 aromatic rings. The maximum Gasteiger partial charge on any atom is 0.159 e. The Morgan fingerprint density at radius 1 is 1.20 bits per heavy atom. The highest BCUT2D eigenvalue weighted by atomic mass is 35.5. The first-order chi connectivity index (χ1) is 19.6. The third-order valence-electron chi connectivity index (χ3n) is 6.06. The fourth-order valence-electron chi connectivity index (χ4n) is 4.11. The number of hydrogen-bond acceptors (Lipinski definition) is 8. The van der Waals surface area contributed by atoms with Crippen molar-refractivity contribution < 1.29 is 18.7 Å². The minimum atomic E-state index is -0.313. The lowest BCUT2D eigenvalue weighted by molar-refractivity contribution is 0.0312. The maximum atomic E-state index is 13.4. The summed E-state index contributed by atoms with van der Waals surface area (Å²) in [6, 6.07) is 17.4. The van der Waals surface area contributed by atoms with Crippen LogP contribution in [-0.2, 0) is 16.2 Å². The number of morpholine rings is 1. The van der Waals surface area contributed by atoms with Crippen LogP contribution in [0.2, 0.25) is 5.02 Å². The zero-order chi connectivity index (χ0) is 27.7. The summed E-state index contributed by atoms with van der Waals surface area (Å²) in [5.74, 6) is 6.68. The summed E-state index contributed by atoms with van der Waals surface area (Å²) in [4.78, 5) is 14.4. The van der Waals surface area contributed by atoms with Crippen molar-refractivity contribution in [2.45, 2.75) is 19.6 Å². The molecule has 1 saturated heterocycles. The molecule has 212 valence electrons. The molecule has 1 atom stereocenters. The minimum absolute atomic E-state index is 0. The molecule has 3 aromatic carbocycles. The number of aromatic nitrogens is 2. The van der Waals surface area contributed by atoms with Crippen LogP contribution in [0.4, 0.5) is 15.9 Å². The van der Waals surface area contributed by atoms with Crippen LogP contribution < -0.4 is 15.4 Å². The van der Waals surface area contributed by atoms with E-state index in [-0.39, 0.29) is 30.9 Å². The number of nitrogens with zero attached hydrogens (tertiary/aromatic N) is 3. The number of nitrogens with one attached hydrogen (secondary N) is 2. The molecule has 1 aliphatic heterocycles. The fourth-order valence-corrected chi connectivity index (χ4v) is 4.34. The lowest BCUT2D eigenvalue weighted by Gasteiger charge is -2.22. The van der Waals surface area contributed by atoms with Gasteiger partial charge in [-0.25, -0.2) is 14.4 Å². The lowest BCUT2D eigenvalue weighted by atomic mass is 10.1. The van der Waals surface area contributed by atoms with Crippen molar-refractivity contribution in [3.05, 3.63) is 89.0 Å². The molecule has 0 unspecified atom stereocenters. The Morgan fingerprint density at radius 2 is 2.10 bits per heavy atom. The summed E-state index contributed by atoms with van der Waals surface area (Å²) in [6.07, 6.45) is 1.49. The predicted octanol–water partition coefficient (Wildman–Crippen LogP) is 5.90. The van der Waals surface area contributed by atoms with Gasteiger partial charge in [-0.1, -0.05) is 34.8 Å². The second-order valence-electron chi connectivity index (χ2n) is 8.98. The van der Waals surface area contributed by atoms with E-state index in [4.69, 9.17) is 25.9 Å². The van der Waals surface area contributed by atoms with Gasteiger partial charge in [-0.2, -0.15) is 0 Å². The highest BCUT2D eigenvalue weighted by molar-refractivity contribution is 6.32. The van der Waals surface area contributed by atoms with E-state index in [1.165, 1.54) is 18.5 Å². The average Bonchev–Trinajstić information content (AvgIpc) is 2.97. The molecule has 0 amide bonds. The van der Waals surface area contributed by atoms with Gasteiger partial charge in [0.2, 0.25) is 0 Å². The van der Waals surface area contributed by atoms with Gasteiger partial charge in [0, 0.05) is 23.2 Å². The first-order valence-corrected chi connectivity index (χ1v) is 13.1. The molecular formula is C30H28Cl2FN5O3. The molecule has 0 aliphatic carbocycles. The van der Waals surface area contributed by atoms with Crippen molar-refractivity contribution in [2.75, 3.05) is 31.7 Å². The molecule has 11 heteroatoms. The Hall–Kier alpha value is -3.94. The molecule has 1 fully saturated rings. The number of rotatable bonds is 9. The number of fused-ring (bicyclic) bond motifs is 1. The molecule has 5 rings (SSSR count). The summed E-state index contributed by atoms with van der Waals surface area (Å²) in [5.41, 5.74) is 3.43. The highest BCUT2D eigenvalue weighted by Crippen LogP contribution is 2.31. The largest absolute Gasteiger partial charge is 0.487 e. The molecule has 1 aliphatic rings. The topological polar surface area (TPSA) is 89.9 Å². The van der Waals surface area contributed by atoms with Crippen LogP contribution in [0.15, 0.2) is 72.1 Å². The molecule has 41 heavy (non-hydrogen) atoms. The van der Waals surface area contributed by atoms with Gasteiger partial charge < -0.3 is 24.9 Å². The SMILES string of the molecule is CC#C/C(=N\OC[C@H]1COCCN1)c1ccc2ncnc(Nc3ccc(OCc4cccc(F)c4)c(Cl)c3)c2c1.Cl. The van der Waals surface area contributed by atoms with Crippen LogP contribution in [0.1, 0.15) is 18.1 Å². The van der Waals surface area contributed by atoms with E-state index in [2.05, 4.69) is 37.6 Å². The predicted molar refractivity (Wildman–Crippen MR) is 161 cm³/mol. The molecule has 2 N–H and O–H groups in total. The second-order valence-corrected chi connectivity index (χ2v) is 9.39. The van der Waals surface area contributed by atoms with Gasteiger partial charge in [-0.3, -0.25) is 0 Å². The van der Waals surface area contributed by atoms with Gasteiger partial charge >= 0.3 is 0 Å². The Labute approximate surface area is 248 Å². The van der Waals surface area contributed by atoms with Crippen LogP contribution in [0.3, 0.4) is 0 Å². The molecule has 0 radical (unpaired) electrons. The van der Waals surface area contributed by atoms with E-state index in [9.17, 15) is 4.39 Å². The minimum Gasteiger partial charge on any atom is -0.487 e. The molecule has 2 heterocycles. The Bertz CT molecular complexity index is 1590. The van der Waals surface area contributed by atoms with Crippen LogP contribution in [-0.4, -0.2) is 48.1 Å². The third kappa shape index (κ3) is 8.06. The zero-order valence-electron chi connectivity index (χ0n) is 22.2. The normalized spacial score (nSPS) is 14.9. The molecule has 0 bridgehead atoms. The number of halogens is 3. The summed E-state index contributed by atoms with van der Waals surface area (Å²) in [6.45, 7) is 4.39. The Kier molecular flexibility index (Phi) is 10.7. The second kappa shape index (κ2) is 14.6. The van der Waals surface area contributed by atoms with Crippen molar-refractivity contribution in [3.63, 3.8) is 0 Å². The number of oxime groups is 1. The average molecular weight is 596 g/mol. The van der Waals surface area contributed by atoms with Gasteiger partial charge in [-0.15, -0.1) is 12.4 Å². The van der Waals surface area contributed by atoms with Gasteiger partial charge in [0.05, 0.1) is 29.8 Å².